The van der Waals surface area contributed by atoms with Gasteiger partial charge in [0.25, 0.3) is 0 Å². The van der Waals surface area contributed by atoms with Crippen LogP contribution in [0.15, 0.2) is 85.7 Å². The number of para-hydroxylation sites is 2. The minimum absolute atomic E-state index is 0.00237. The molecule has 0 aliphatic carbocycles. The van der Waals surface area contributed by atoms with Crippen LogP contribution in [-0.2, 0) is 9.84 Å². The fraction of sp³-hybridized carbons (Fsp3) is 0.0500. The molecular weight excluding hydrogens is 352 g/mol. The molecule has 1 heterocycles. The monoisotopic (exact) mass is 366 g/mol. The maximum atomic E-state index is 13.3. The standard InChI is InChI=1S/C20H14O5S/c1-24-15-9-4-5-11-17(15)26(22,23)18-12-6-10-16-19(18)20(21)13-7-2-3-8-14(13)25-16/h2-12H,1H3. The third kappa shape index (κ3) is 2.38. The highest BCUT2D eigenvalue weighted by atomic mass is 32.2. The van der Waals surface area contributed by atoms with Crippen molar-refractivity contribution in [2.24, 2.45) is 0 Å². The van der Waals surface area contributed by atoms with Gasteiger partial charge in [0, 0.05) is 0 Å². The first-order valence-corrected chi connectivity index (χ1v) is 9.35. The molecule has 4 aromatic rings. The van der Waals surface area contributed by atoms with Crippen molar-refractivity contribution < 1.29 is 17.6 Å². The van der Waals surface area contributed by atoms with Crippen molar-refractivity contribution in [3.63, 3.8) is 0 Å². The molecule has 0 spiro atoms. The average molecular weight is 366 g/mol. The van der Waals surface area contributed by atoms with E-state index in [1.165, 1.54) is 19.2 Å². The predicted octanol–water partition coefficient (Wildman–Crippen LogP) is 3.79. The zero-order chi connectivity index (χ0) is 18.3. The Kier molecular flexibility index (Phi) is 3.77. The molecule has 0 fully saturated rings. The lowest BCUT2D eigenvalue weighted by Crippen LogP contribution is -2.10. The Morgan fingerprint density at radius 2 is 1.46 bits per heavy atom. The minimum Gasteiger partial charge on any atom is -0.495 e. The Bertz CT molecular complexity index is 1300. The van der Waals surface area contributed by atoms with Gasteiger partial charge in [-0.05, 0) is 36.4 Å². The number of fused-ring (bicyclic) bond motifs is 2. The second-order valence-electron chi connectivity index (χ2n) is 5.71. The van der Waals surface area contributed by atoms with Crippen molar-refractivity contribution in [2.75, 3.05) is 7.11 Å². The van der Waals surface area contributed by atoms with Gasteiger partial charge in [-0.2, -0.15) is 0 Å². The molecule has 0 amide bonds. The summed E-state index contributed by atoms with van der Waals surface area (Å²) < 4.78 is 37.5. The van der Waals surface area contributed by atoms with E-state index in [2.05, 4.69) is 0 Å². The molecule has 0 aliphatic rings. The Morgan fingerprint density at radius 3 is 2.27 bits per heavy atom. The molecule has 26 heavy (non-hydrogen) atoms. The lowest BCUT2D eigenvalue weighted by molar-refractivity contribution is 0.403. The van der Waals surface area contributed by atoms with Crippen LogP contribution in [0.1, 0.15) is 0 Å². The largest absolute Gasteiger partial charge is 0.495 e. The van der Waals surface area contributed by atoms with Gasteiger partial charge in [0.2, 0.25) is 15.3 Å². The molecule has 0 N–H and O–H groups in total. The number of ether oxygens (including phenoxy) is 1. The molecule has 3 aromatic carbocycles. The van der Waals surface area contributed by atoms with Crippen LogP contribution in [0.3, 0.4) is 0 Å². The zero-order valence-electron chi connectivity index (χ0n) is 13.8. The summed E-state index contributed by atoms with van der Waals surface area (Å²) in [6, 6.07) is 17.6. The van der Waals surface area contributed by atoms with Gasteiger partial charge in [-0.25, -0.2) is 8.42 Å². The Morgan fingerprint density at radius 1 is 0.808 bits per heavy atom. The molecular formula is C20H14O5S. The van der Waals surface area contributed by atoms with Crippen LogP contribution in [0.4, 0.5) is 0 Å². The van der Waals surface area contributed by atoms with Crippen LogP contribution < -0.4 is 10.2 Å². The van der Waals surface area contributed by atoms with E-state index in [-0.39, 0.29) is 31.9 Å². The summed E-state index contributed by atoms with van der Waals surface area (Å²) in [7, 11) is -2.58. The van der Waals surface area contributed by atoms with Gasteiger partial charge < -0.3 is 9.15 Å². The van der Waals surface area contributed by atoms with Gasteiger partial charge in [-0.3, -0.25) is 4.79 Å². The third-order valence-electron chi connectivity index (χ3n) is 4.21. The molecule has 5 nitrogen and oxygen atoms in total. The molecule has 4 rings (SSSR count). The first-order chi connectivity index (χ1) is 12.5. The second kappa shape index (κ2) is 6.00. The highest BCUT2D eigenvalue weighted by Gasteiger charge is 2.26. The smallest absolute Gasteiger partial charge is 0.211 e. The minimum atomic E-state index is -3.98. The van der Waals surface area contributed by atoms with Crippen molar-refractivity contribution >= 4 is 31.8 Å². The van der Waals surface area contributed by atoms with Crippen LogP contribution in [0.5, 0.6) is 5.75 Å². The normalized spacial score (nSPS) is 11.7. The number of hydrogen-bond acceptors (Lipinski definition) is 5. The first kappa shape index (κ1) is 16.4. The summed E-state index contributed by atoms with van der Waals surface area (Å²) in [4.78, 5) is 12.9. The zero-order valence-corrected chi connectivity index (χ0v) is 14.6. The summed E-state index contributed by atoms with van der Waals surface area (Å²) in [6.07, 6.45) is 0. The van der Waals surface area contributed by atoms with Crippen LogP contribution in [0, 0.1) is 0 Å². The van der Waals surface area contributed by atoms with E-state index in [4.69, 9.17) is 9.15 Å². The quantitative estimate of drug-likeness (QED) is 0.516. The van der Waals surface area contributed by atoms with Crippen LogP contribution in [0.25, 0.3) is 21.9 Å². The highest BCUT2D eigenvalue weighted by Crippen LogP contribution is 2.32. The van der Waals surface area contributed by atoms with E-state index in [1.807, 2.05) is 0 Å². The van der Waals surface area contributed by atoms with Gasteiger partial charge in [-0.15, -0.1) is 0 Å². The van der Waals surface area contributed by atoms with Gasteiger partial charge in [0.1, 0.15) is 21.8 Å². The van der Waals surface area contributed by atoms with E-state index >= 15 is 0 Å². The maximum absolute atomic E-state index is 13.3. The second-order valence-corrected chi connectivity index (χ2v) is 7.60. The summed E-state index contributed by atoms with van der Waals surface area (Å²) in [5.74, 6) is 0.217. The summed E-state index contributed by atoms with van der Waals surface area (Å²) >= 11 is 0. The Hall–Kier alpha value is -3.12. The SMILES string of the molecule is COc1ccccc1S(=O)(=O)c1cccc2oc3ccccc3c(=O)c12. The van der Waals surface area contributed by atoms with Crippen molar-refractivity contribution in [3.8, 4) is 5.75 Å². The average Bonchev–Trinajstić information content (AvgIpc) is 2.67. The summed E-state index contributed by atoms with van der Waals surface area (Å²) in [6.45, 7) is 0. The lowest BCUT2D eigenvalue weighted by Gasteiger charge is -2.11. The number of sulfone groups is 1. The molecule has 0 bridgehead atoms. The maximum Gasteiger partial charge on any atom is 0.211 e. The van der Waals surface area contributed by atoms with Crippen LogP contribution in [0.2, 0.25) is 0 Å². The van der Waals surface area contributed by atoms with Crippen molar-refractivity contribution in [3.05, 3.63) is 77.0 Å². The van der Waals surface area contributed by atoms with Crippen LogP contribution >= 0.6 is 0 Å². The molecule has 6 heteroatoms. The molecule has 0 unspecified atom stereocenters. The van der Waals surface area contributed by atoms with E-state index in [0.717, 1.165) is 0 Å². The summed E-state index contributed by atoms with van der Waals surface area (Å²) in [5.41, 5.74) is 0.262. The Balaban J connectivity index is 2.12. The van der Waals surface area contributed by atoms with Crippen molar-refractivity contribution in [2.45, 2.75) is 9.79 Å². The highest BCUT2D eigenvalue weighted by molar-refractivity contribution is 7.91. The first-order valence-electron chi connectivity index (χ1n) is 7.87. The molecule has 0 saturated carbocycles. The van der Waals surface area contributed by atoms with Gasteiger partial charge in [0.05, 0.1) is 22.8 Å². The molecule has 0 saturated heterocycles. The van der Waals surface area contributed by atoms with E-state index < -0.39 is 9.84 Å². The molecule has 130 valence electrons. The van der Waals surface area contributed by atoms with Crippen molar-refractivity contribution in [1.82, 2.24) is 0 Å². The number of rotatable bonds is 3. The van der Waals surface area contributed by atoms with E-state index in [0.29, 0.717) is 11.0 Å². The van der Waals surface area contributed by atoms with E-state index in [9.17, 15) is 13.2 Å². The molecule has 0 atom stereocenters. The molecule has 0 radical (unpaired) electrons. The predicted molar refractivity (Wildman–Crippen MR) is 98.4 cm³/mol. The topological polar surface area (TPSA) is 73.6 Å². The van der Waals surface area contributed by atoms with Gasteiger partial charge >= 0.3 is 0 Å². The summed E-state index contributed by atoms with van der Waals surface area (Å²) in [5, 5.41) is 0.375. The Labute approximate surface area is 149 Å². The third-order valence-corrected chi connectivity index (χ3v) is 6.05. The van der Waals surface area contributed by atoms with Crippen LogP contribution in [-0.4, -0.2) is 15.5 Å². The fourth-order valence-electron chi connectivity index (χ4n) is 3.00. The number of methoxy groups -OCH3 is 1. The van der Waals surface area contributed by atoms with Gasteiger partial charge in [0.15, 0.2) is 0 Å². The van der Waals surface area contributed by atoms with E-state index in [1.54, 1.807) is 54.6 Å². The lowest BCUT2D eigenvalue weighted by atomic mass is 10.1. The molecule has 1 aromatic heterocycles. The fourth-order valence-corrected chi connectivity index (χ4v) is 4.63. The number of benzene rings is 3. The molecule has 0 aliphatic heterocycles. The number of hydrogen-bond donors (Lipinski definition) is 0. The van der Waals surface area contributed by atoms with Gasteiger partial charge in [-0.1, -0.05) is 30.3 Å². The van der Waals surface area contributed by atoms with Crippen molar-refractivity contribution in [1.29, 1.82) is 0 Å².